The number of hydrogen-bond acceptors (Lipinski definition) is 5. The van der Waals surface area contributed by atoms with E-state index in [0.29, 0.717) is 18.0 Å². The number of hydrogen-bond donors (Lipinski definition) is 2. The van der Waals surface area contributed by atoms with Gasteiger partial charge in [-0.2, -0.15) is 0 Å². The number of amides is 2. The van der Waals surface area contributed by atoms with E-state index in [4.69, 9.17) is 4.74 Å². The van der Waals surface area contributed by atoms with Crippen LogP contribution in [0.2, 0.25) is 0 Å². The quantitative estimate of drug-likeness (QED) is 0.577. The van der Waals surface area contributed by atoms with Gasteiger partial charge in [-0.3, -0.25) is 9.59 Å². The molecule has 2 aliphatic rings. The van der Waals surface area contributed by atoms with Crippen molar-refractivity contribution in [2.24, 2.45) is 5.92 Å². The van der Waals surface area contributed by atoms with Gasteiger partial charge in [0.1, 0.15) is 17.7 Å². The predicted octanol–water partition coefficient (Wildman–Crippen LogP) is 2.94. The molecule has 0 spiro atoms. The van der Waals surface area contributed by atoms with E-state index in [2.05, 4.69) is 5.32 Å². The molecule has 4 rings (SSSR count). The van der Waals surface area contributed by atoms with Gasteiger partial charge in [-0.25, -0.2) is 4.79 Å². The number of ether oxygens (including phenoxy) is 1. The van der Waals surface area contributed by atoms with Crippen LogP contribution in [-0.4, -0.2) is 50.6 Å². The zero-order valence-corrected chi connectivity index (χ0v) is 17.2. The van der Waals surface area contributed by atoms with Crippen LogP contribution >= 0.6 is 11.8 Å². The molecule has 1 unspecified atom stereocenters. The molecule has 8 heteroatoms. The van der Waals surface area contributed by atoms with Gasteiger partial charge in [0.25, 0.3) is 0 Å². The molecule has 152 valence electrons. The summed E-state index contributed by atoms with van der Waals surface area (Å²) in [5, 5.41) is 13.7. The summed E-state index contributed by atoms with van der Waals surface area (Å²) in [6, 6.07) is 10.4. The Hall–Kier alpha value is -2.74. The summed E-state index contributed by atoms with van der Waals surface area (Å²) in [7, 11) is 0. The number of carboxylic acids is 1. The molecule has 0 bridgehead atoms. The van der Waals surface area contributed by atoms with E-state index in [1.165, 1.54) is 16.7 Å². The Kier molecular flexibility index (Phi) is 4.69. The Labute approximate surface area is 172 Å². The molecule has 2 N–H and O–H groups in total. The number of carbonyl (C=O) groups excluding carboxylic acids is 2. The molecule has 2 aromatic carbocycles. The number of aliphatic carboxylic acids is 1. The first kappa shape index (κ1) is 19.6. The molecule has 2 fully saturated rings. The molecule has 7 nitrogen and oxygen atoms in total. The van der Waals surface area contributed by atoms with Crippen molar-refractivity contribution in [3.63, 3.8) is 0 Å². The summed E-state index contributed by atoms with van der Waals surface area (Å²) >= 11 is 1.36. The van der Waals surface area contributed by atoms with Crippen LogP contribution in [0.3, 0.4) is 0 Å². The minimum Gasteiger partial charge on any atom is -0.492 e. The second kappa shape index (κ2) is 6.95. The number of nitrogens with zero attached hydrogens (tertiary/aromatic N) is 1. The number of anilines is 1. The van der Waals surface area contributed by atoms with Gasteiger partial charge in [-0.15, -0.1) is 11.8 Å². The number of carbonyl (C=O) groups is 3. The number of rotatable bonds is 5. The van der Waals surface area contributed by atoms with E-state index in [0.717, 1.165) is 10.8 Å². The Balaban J connectivity index is 1.64. The Morgan fingerprint density at radius 1 is 1.24 bits per heavy atom. The molecule has 0 aliphatic carbocycles. The summed E-state index contributed by atoms with van der Waals surface area (Å²) in [4.78, 5) is 38.8. The van der Waals surface area contributed by atoms with E-state index in [-0.39, 0.29) is 0 Å². The van der Waals surface area contributed by atoms with E-state index < -0.39 is 39.9 Å². The maximum Gasteiger partial charge on any atom is 0.327 e. The molecule has 0 saturated carbocycles. The number of β-lactam (4-membered cyclic amide) rings is 1. The van der Waals surface area contributed by atoms with Crippen molar-refractivity contribution in [1.82, 2.24) is 4.90 Å². The van der Waals surface area contributed by atoms with Crippen LogP contribution < -0.4 is 10.1 Å². The third kappa shape index (κ3) is 3.02. The van der Waals surface area contributed by atoms with E-state index in [9.17, 15) is 19.5 Å². The van der Waals surface area contributed by atoms with Gasteiger partial charge >= 0.3 is 5.97 Å². The van der Waals surface area contributed by atoms with E-state index >= 15 is 0 Å². The molecule has 29 heavy (non-hydrogen) atoms. The highest BCUT2D eigenvalue weighted by atomic mass is 32.2. The summed E-state index contributed by atoms with van der Waals surface area (Å²) in [6.07, 6.45) is 0. The van der Waals surface area contributed by atoms with Gasteiger partial charge in [0.15, 0.2) is 0 Å². The molecular formula is C21H22N2O5S. The number of carboxylic acid groups (broad SMARTS) is 1. The lowest BCUT2D eigenvalue weighted by Gasteiger charge is -2.42. The molecule has 0 aromatic heterocycles. The maximum atomic E-state index is 13.1. The molecule has 0 radical (unpaired) electrons. The third-order valence-corrected chi connectivity index (χ3v) is 6.97. The molecule has 2 amide bonds. The van der Waals surface area contributed by atoms with Crippen LogP contribution in [0.15, 0.2) is 36.4 Å². The van der Waals surface area contributed by atoms with Gasteiger partial charge < -0.3 is 20.1 Å². The SMILES string of the molecule is CCOc1ccc2ccccc2c1NC(=O)[C@@H]1C(=O)N2C(C(=O)O)C(C)(C)S[C@H]12. The first-order valence-corrected chi connectivity index (χ1v) is 10.3. The lowest BCUT2D eigenvalue weighted by Crippen LogP contribution is -2.65. The third-order valence-electron chi connectivity index (χ3n) is 5.40. The van der Waals surface area contributed by atoms with Gasteiger partial charge in [0, 0.05) is 10.1 Å². The zero-order chi connectivity index (χ0) is 20.9. The van der Waals surface area contributed by atoms with Crippen molar-refractivity contribution < 1.29 is 24.2 Å². The Morgan fingerprint density at radius 3 is 2.66 bits per heavy atom. The van der Waals surface area contributed by atoms with Crippen molar-refractivity contribution in [3.05, 3.63) is 36.4 Å². The topological polar surface area (TPSA) is 95.9 Å². The number of benzene rings is 2. The van der Waals surface area contributed by atoms with Gasteiger partial charge in [0.2, 0.25) is 11.8 Å². The molecule has 3 atom stereocenters. The highest BCUT2D eigenvalue weighted by Crippen LogP contribution is 2.53. The van der Waals surface area contributed by atoms with Gasteiger partial charge in [-0.1, -0.05) is 30.3 Å². The Bertz CT molecular complexity index is 1020. The number of fused-ring (bicyclic) bond motifs is 2. The van der Waals surface area contributed by atoms with Crippen molar-refractivity contribution in [2.75, 3.05) is 11.9 Å². The largest absolute Gasteiger partial charge is 0.492 e. The highest BCUT2D eigenvalue weighted by Gasteiger charge is 2.65. The molecule has 2 saturated heterocycles. The smallest absolute Gasteiger partial charge is 0.327 e. The monoisotopic (exact) mass is 414 g/mol. The average molecular weight is 414 g/mol. The lowest BCUT2D eigenvalue weighted by atomic mass is 9.91. The van der Waals surface area contributed by atoms with Crippen LogP contribution in [0.1, 0.15) is 20.8 Å². The van der Waals surface area contributed by atoms with Crippen molar-refractivity contribution in [1.29, 1.82) is 0 Å². The fraction of sp³-hybridized carbons (Fsp3) is 0.381. The number of nitrogens with one attached hydrogen (secondary N) is 1. The van der Waals surface area contributed by atoms with Crippen LogP contribution in [0, 0.1) is 5.92 Å². The summed E-state index contributed by atoms with van der Waals surface area (Å²) in [6.45, 7) is 5.87. The van der Waals surface area contributed by atoms with E-state index in [1.54, 1.807) is 19.9 Å². The van der Waals surface area contributed by atoms with E-state index in [1.807, 2.05) is 37.3 Å². The van der Waals surface area contributed by atoms with Crippen LogP contribution in [0.25, 0.3) is 10.8 Å². The fourth-order valence-corrected chi connectivity index (χ4v) is 5.79. The van der Waals surface area contributed by atoms with Crippen LogP contribution in [0.5, 0.6) is 5.75 Å². The first-order chi connectivity index (χ1) is 13.8. The lowest BCUT2D eigenvalue weighted by molar-refractivity contribution is -0.165. The standard InChI is InChI=1S/C21H22N2O5S/c1-4-28-13-10-9-11-7-5-6-8-12(11)15(13)22-17(24)14-18(25)23-16(20(26)27)21(2,3)29-19(14)23/h5-10,14,16,19H,4H2,1-3H3,(H,22,24)(H,26,27)/t14-,16?,19-/m1/s1. The fourth-order valence-electron chi connectivity index (χ4n) is 4.11. The number of thioether (sulfide) groups is 1. The molecule has 2 aliphatic heterocycles. The van der Waals surface area contributed by atoms with Crippen molar-refractivity contribution >= 4 is 46.0 Å². The predicted molar refractivity (Wildman–Crippen MR) is 111 cm³/mol. The van der Waals surface area contributed by atoms with Gasteiger partial charge in [-0.05, 0) is 32.2 Å². The normalized spacial score (nSPS) is 24.7. The summed E-state index contributed by atoms with van der Waals surface area (Å²) in [5.41, 5.74) is 0.526. The minimum absolute atomic E-state index is 0.435. The maximum absolute atomic E-state index is 13.1. The minimum atomic E-state index is -1.05. The van der Waals surface area contributed by atoms with Crippen molar-refractivity contribution in [2.45, 2.75) is 36.9 Å². The summed E-state index contributed by atoms with van der Waals surface area (Å²) < 4.78 is 5.01. The molecule has 2 aromatic rings. The van der Waals surface area contributed by atoms with Crippen molar-refractivity contribution in [3.8, 4) is 5.75 Å². The van der Waals surface area contributed by atoms with Crippen LogP contribution in [-0.2, 0) is 14.4 Å². The summed E-state index contributed by atoms with van der Waals surface area (Å²) in [5.74, 6) is -2.33. The molecule has 2 heterocycles. The van der Waals surface area contributed by atoms with Crippen LogP contribution in [0.4, 0.5) is 5.69 Å². The second-order valence-corrected chi connectivity index (χ2v) is 9.43. The zero-order valence-electron chi connectivity index (χ0n) is 16.3. The molecular weight excluding hydrogens is 392 g/mol. The Morgan fingerprint density at radius 2 is 1.97 bits per heavy atom. The van der Waals surface area contributed by atoms with Gasteiger partial charge in [0.05, 0.1) is 17.7 Å². The highest BCUT2D eigenvalue weighted by molar-refractivity contribution is 8.01. The first-order valence-electron chi connectivity index (χ1n) is 9.44. The second-order valence-electron chi connectivity index (χ2n) is 7.66. The average Bonchev–Trinajstić information content (AvgIpc) is 2.91.